The number of nitrogens with one attached hydrogen (secondary N) is 1. The predicted molar refractivity (Wildman–Crippen MR) is 77.3 cm³/mol. The van der Waals surface area contributed by atoms with E-state index in [1.165, 1.54) is 4.31 Å². The maximum absolute atomic E-state index is 12.8. The highest BCUT2D eigenvalue weighted by Crippen LogP contribution is 2.34. The molecule has 1 aromatic rings. The van der Waals surface area contributed by atoms with E-state index in [0.717, 1.165) is 12.1 Å². The number of hydrogen-bond acceptors (Lipinski definition) is 3. The van der Waals surface area contributed by atoms with E-state index in [1.54, 1.807) is 7.05 Å². The molecule has 4 nitrogen and oxygen atoms in total. The van der Waals surface area contributed by atoms with Crippen molar-refractivity contribution >= 4 is 21.6 Å². The van der Waals surface area contributed by atoms with Gasteiger partial charge < -0.3 is 5.32 Å². The molecule has 0 aliphatic carbocycles. The molecule has 0 amide bonds. The van der Waals surface area contributed by atoms with Crippen LogP contribution in [0.3, 0.4) is 0 Å². The van der Waals surface area contributed by atoms with Gasteiger partial charge in [0.2, 0.25) is 10.0 Å². The molecule has 0 radical (unpaired) electrons. The Morgan fingerprint density at radius 2 is 2.05 bits per heavy atom. The quantitative estimate of drug-likeness (QED) is 0.902. The number of hydrogen-bond donors (Lipinski definition) is 1. The molecule has 0 saturated carbocycles. The van der Waals surface area contributed by atoms with Crippen molar-refractivity contribution in [3.63, 3.8) is 0 Å². The molecule has 1 saturated heterocycles. The maximum atomic E-state index is 12.8. The lowest BCUT2D eigenvalue weighted by atomic mass is 10.2. The molecule has 1 N–H and O–H groups in total. The Morgan fingerprint density at radius 1 is 1.36 bits per heavy atom. The van der Waals surface area contributed by atoms with Crippen molar-refractivity contribution in [1.29, 1.82) is 0 Å². The zero-order valence-electron chi connectivity index (χ0n) is 11.8. The van der Waals surface area contributed by atoms with Crippen LogP contribution < -0.4 is 5.32 Å². The third-order valence-electron chi connectivity index (χ3n) is 3.57. The van der Waals surface area contributed by atoms with Gasteiger partial charge in [-0.3, -0.25) is 0 Å². The smallest absolute Gasteiger partial charge is 0.318 e. The van der Waals surface area contributed by atoms with Crippen LogP contribution in [-0.4, -0.2) is 38.9 Å². The van der Waals surface area contributed by atoms with E-state index >= 15 is 0 Å². The number of rotatable bonds is 4. The molecule has 1 aromatic carbocycles. The molecule has 0 aromatic heterocycles. The summed E-state index contributed by atoms with van der Waals surface area (Å²) in [6.45, 7) is 0.745. The monoisotopic (exact) mass is 356 g/mol. The summed E-state index contributed by atoms with van der Waals surface area (Å²) in [4.78, 5) is -0.421. The van der Waals surface area contributed by atoms with Crippen LogP contribution in [-0.2, 0) is 16.2 Å². The molecule has 2 rings (SSSR count). The highest BCUT2D eigenvalue weighted by atomic mass is 35.5. The standard InChI is InChI=1S/C13H16ClF3N2O2S/c1-18-8-11-3-2-4-19(11)22(20,21)12-6-9(13(15,16)17)5-10(14)7-12/h5-7,11,18H,2-4,8H2,1H3. The molecule has 9 heteroatoms. The second kappa shape index (κ2) is 6.35. The van der Waals surface area contributed by atoms with Crippen LogP contribution in [0, 0.1) is 0 Å². The van der Waals surface area contributed by atoms with Crippen LogP contribution in [0.25, 0.3) is 0 Å². The van der Waals surface area contributed by atoms with Gasteiger partial charge in [-0.05, 0) is 38.1 Å². The Kier molecular flexibility index (Phi) is 5.06. The number of alkyl halides is 3. The molecule has 1 heterocycles. The van der Waals surface area contributed by atoms with E-state index in [4.69, 9.17) is 11.6 Å². The Bertz CT molecular complexity index is 649. The molecule has 1 unspecified atom stereocenters. The molecule has 1 fully saturated rings. The van der Waals surface area contributed by atoms with Gasteiger partial charge >= 0.3 is 6.18 Å². The largest absolute Gasteiger partial charge is 0.416 e. The van der Waals surface area contributed by atoms with Crippen LogP contribution in [0.15, 0.2) is 23.1 Å². The topological polar surface area (TPSA) is 49.4 Å². The van der Waals surface area contributed by atoms with Gasteiger partial charge in [-0.2, -0.15) is 17.5 Å². The minimum absolute atomic E-state index is 0.252. The first-order chi connectivity index (χ1) is 10.2. The second-order valence-corrected chi connectivity index (χ2v) is 7.47. The molecular weight excluding hydrogens is 341 g/mol. The van der Waals surface area contributed by atoms with Gasteiger partial charge in [0.25, 0.3) is 0 Å². The Morgan fingerprint density at radius 3 is 2.64 bits per heavy atom. The van der Waals surface area contributed by atoms with Crippen LogP contribution in [0.4, 0.5) is 13.2 Å². The Hall–Kier alpha value is -0.830. The van der Waals surface area contributed by atoms with Gasteiger partial charge in [0.15, 0.2) is 0 Å². The van der Waals surface area contributed by atoms with Crippen LogP contribution in [0.2, 0.25) is 5.02 Å². The summed E-state index contributed by atoms with van der Waals surface area (Å²) in [5, 5.41) is 2.65. The first-order valence-electron chi connectivity index (χ1n) is 6.70. The van der Waals surface area contributed by atoms with Crippen LogP contribution in [0.5, 0.6) is 0 Å². The molecule has 0 spiro atoms. The molecule has 0 bridgehead atoms. The minimum atomic E-state index is -4.65. The average molecular weight is 357 g/mol. The molecule has 124 valence electrons. The first-order valence-corrected chi connectivity index (χ1v) is 8.52. The van der Waals surface area contributed by atoms with Crippen molar-refractivity contribution in [2.45, 2.75) is 30.0 Å². The van der Waals surface area contributed by atoms with Gasteiger partial charge in [0.05, 0.1) is 10.5 Å². The average Bonchev–Trinajstić information content (AvgIpc) is 2.86. The van der Waals surface area contributed by atoms with Crippen molar-refractivity contribution in [1.82, 2.24) is 9.62 Å². The summed E-state index contributed by atoms with van der Waals surface area (Å²) >= 11 is 5.67. The zero-order chi connectivity index (χ0) is 16.5. The van der Waals surface area contributed by atoms with Crippen molar-refractivity contribution in [3.8, 4) is 0 Å². The van der Waals surface area contributed by atoms with Crippen LogP contribution >= 0.6 is 11.6 Å². The first kappa shape index (κ1) is 17.5. The van der Waals surface area contributed by atoms with Crippen LogP contribution in [0.1, 0.15) is 18.4 Å². The molecule has 1 aliphatic rings. The highest BCUT2D eigenvalue weighted by molar-refractivity contribution is 7.89. The number of sulfonamides is 1. The molecule has 1 atom stereocenters. The summed E-state index contributed by atoms with van der Waals surface area (Å²) < 4.78 is 65.0. The molecular formula is C13H16ClF3N2O2S. The summed E-state index contributed by atoms with van der Waals surface area (Å²) in [5.41, 5.74) is -1.07. The van der Waals surface area contributed by atoms with Gasteiger partial charge in [-0.1, -0.05) is 11.6 Å². The van der Waals surface area contributed by atoms with Gasteiger partial charge in [0, 0.05) is 24.2 Å². The van der Waals surface area contributed by atoms with E-state index in [9.17, 15) is 21.6 Å². The van der Waals surface area contributed by atoms with Gasteiger partial charge in [-0.15, -0.1) is 0 Å². The zero-order valence-corrected chi connectivity index (χ0v) is 13.4. The number of halogens is 4. The fourth-order valence-corrected chi connectivity index (χ4v) is 4.64. The van der Waals surface area contributed by atoms with E-state index in [2.05, 4.69) is 5.32 Å². The lowest BCUT2D eigenvalue weighted by Gasteiger charge is -2.24. The van der Waals surface area contributed by atoms with E-state index in [-0.39, 0.29) is 11.1 Å². The van der Waals surface area contributed by atoms with Gasteiger partial charge in [-0.25, -0.2) is 8.42 Å². The second-order valence-electron chi connectivity index (χ2n) is 5.14. The minimum Gasteiger partial charge on any atom is -0.318 e. The number of likely N-dealkylation sites (N-methyl/N-ethyl adjacent to an activating group) is 1. The lowest BCUT2D eigenvalue weighted by molar-refractivity contribution is -0.137. The predicted octanol–water partition coefficient (Wildman–Crippen LogP) is 2.73. The lowest BCUT2D eigenvalue weighted by Crippen LogP contribution is -2.40. The number of benzene rings is 1. The van der Waals surface area contributed by atoms with E-state index in [1.807, 2.05) is 0 Å². The maximum Gasteiger partial charge on any atom is 0.416 e. The fourth-order valence-electron chi connectivity index (χ4n) is 2.58. The normalized spacial score (nSPS) is 20.5. The Balaban J connectivity index is 2.43. The number of nitrogens with zero attached hydrogens (tertiary/aromatic N) is 1. The summed E-state index contributed by atoms with van der Waals surface area (Å²) in [6.07, 6.45) is -3.30. The highest BCUT2D eigenvalue weighted by Gasteiger charge is 2.37. The third kappa shape index (κ3) is 3.56. The van der Waals surface area contributed by atoms with Crippen molar-refractivity contribution in [2.24, 2.45) is 0 Å². The van der Waals surface area contributed by atoms with E-state index in [0.29, 0.717) is 32.0 Å². The molecule has 22 heavy (non-hydrogen) atoms. The van der Waals surface area contributed by atoms with Crippen molar-refractivity contribution in [3.05, 3.63) is 28.8 Å². The summed E-state index contributed by atoms with van der Waals surface area (Å²) in [7, 11) is -2.31. The van der Waals surface area contributed by atoms with Crippen molar-refractivity contribution < 1.29 is 21.6 Å². The Labute approximate surface area is 132 Å². The summed E-state index contributed by atoms with van der Waals surface area (Å²) in [6, 6.07) is 2.15. The fraction of sp³-hybridized carbons (Fsp3) is 0.538. The van der Waals surface area contributed by atoms with Crippen molar-refractivity contribution in [2.75, 3.05) is 20.1 Å². The van der Waals surface area contributed by atoms with E-state index < -0.39 is 26.7 Å². The third-order valence-corrected chi connectivity index (χ3v) is 5.72. The summed E-state index contributed by atoms with van der Waals surface area (Å²) in [5.74, 6) is 0. The van der Waals surface area contributed by atoms with Gasteiger partial charge in [0.1, 0.15) is 0 Å². The molecule has 1 aliphatic heterocycles. The SMILES string of the molecule is CNCC1CCCN1S(=O)(=O)c1cc(Cl)cc(C(F)(F)F)c1.